The third-order valence-electron chi connectivity index (χ3n) is 7.22. The molecule has 1 spiro atoms. The Hall–Kier alpha value is -2.25. The van der Waals surface area contributed by atoms with Crippen molar-refractivity contribution in [2.75, 3.05) is 26.2 Å². The van der Waals surface area contributed by atoms with Gasteiger partial charge in [-0.05, 0) is 52.9 Å². The van der Waals surface area contributed by atoms with E-state index in [9.17, 15) is 14.4 Å². The van der Waals surface area contributed by atoms with E-state index >= 15 is 0 Å². The number of carboxylic acid groups (broad SMARTS) is 1. The second kappa shape index (κ2) is 7.17. The number of likely N-dealkylation sites (tertiary alicyclic amines) is 2. The van der Waals surface area contributed by atoms with E-state index in [0.29, 0.717) is 26.2 Å². The third-order valence-corrected chi connectivity index (χ3v) is 7.22. The zero-order chi connectivity index (χ0) is 21.8. The van der Waals surface area contributed by atoms with Crippen molar-refractivity contribution in [3.63, 3.8) is 0 Å². The van der Waals surface area contributed by atoms with Crippen LogP contribution in [-0.4, -0.2) is 81.8 Å². The zero-order valence-corrected chi connectivity index (χ0v) is 18.2. The number of hydrogen-bond acceptors (Lipinski definition) is 4. The quantitative estimate of drug-likeness (QED) is 0.660. The van der Waals surface area contributed by atoms with Crippen molar-refractivity contribution in [1.29, 1.82) is 0 Å². The van der Waals surface area contributed by atoms with Crippen molar-refractivity contribution in [2.45, 2.75) is 70.6 Å². The van der Waals surface area contributed by atoms with Crippen LogP contribution in [0.3, 0.4) is 0 Å². The third kappa shape index (κ3) is 3.65. The van der Waals surface area contributed by atoms with Crippen molar-refractivity contribution in [2.24, 2.45) is 11.3 Å². The maximum atomic E-state index is 13.6. The van der Waals surface area contributed by atoms with Gasteiger partial charge in [0.1, 0.15) is 11.6 Å². The average molecular weight is 420 g/mol. The molecule has 3 amide bonds. The largest absolute Gasteiger partial charge is 0.465 e. The van der Waals surface area contributed by atoms with Crippen LogP contribution in [0.5, 0.6) is 0 Å². The number of piperidine rings is 3. The first-order chi connectivity index (χ1) is 14.0. The van der Waals surface area contributed by atoms with Gasteiger partial charge in [0.2, 0.25) is 5.91 Å². The first-order valence-corrected chi connectivity index (χ1v) is 11.0. The van der Waals surface area contributed by atoms with Crippen LogP contribution in [0.15, 0.2) is 12.2 Å². The van der Waals surface area contributed by atoms with Gasteiger partial charge in [-0.2, -0.15) is 0 Å². The summed E-state index contributed by atoms with van der Waals surface area (Å²) in [5, 5.41) is 9.11. The Morgan fingerprint density at radius 1 is 1.10 bits per heavy atom. The lowest BCUT2D eigenvalue weighted by Crippen LogP contribution is -2.66. The summed E-state index contributed by atoms with van der Waals surface area (Å²) in [6, 6.07) is -0.566. The van der Waals surface area contributed by atoms with E-state index < -0.39 is 23.8 Å². The van der Waals surface area contributed by atoms with Crippen LogP contribution in [0.4, 0.5) is 9.59 Å². The van der Waals surface area contributed by atoms with Crippen molar-refractivity contribution in [3.05, 3.63) is 12.2 Å². The maximum absolute atomic E-state index is 13.6. The molecule has 5 aliphatic rings. The predicted octanol–water partition coefficient (Wildman–Crippen LogP) is 2.93. The average Bonchev–Trinajstić information content (AvgIpc) is 2.63. The first-order valence-electron chi connectivity index (χ1n) is 11.0. The smallest absolute Gasteiger partial charge is 0.411 e. The fraction of sp³-hybridized carbons (Fsp3) is 0.773. The van der Waals surface area contributed by atoms with Crippen molar-refractivity contribution >= 4 is 18.1 Å². The van der Waals surface area contributed by atoms with E-state index in [4.69, 9.17) is 9.84 Å². The highest BCUT2D eigenvalue weighted by molar-refractivity contribution is 5.87. The number of ether oxygens (including phenoxy) is 1. The predicted molar refractivity (Wildman–Crippen MR) is 110 cm³/mol. The van der Waals surface area contributed by atoms with Crippen molar-refractivity contribution < 1.29 is 24.2 Å². The molecule has 5 fully saturated rings. The molecule has 5 rings (SSSR count). The minimum Gasteiger partial charge on any atom is -0.465 e. The Bertz CT molecular complexity index is 757. The Labute approximate surface area is 177 Å². The van der Waals surface area contributed by atoms with Gasteiger partial charge in [-0.25, -0.2) is 9.59 Å². The van der Waals surface area contributed by atoms with Crippen LogP contribution in [0.1, 0.15) is 52.9 Å². The van der Waals surface area contributed by atoms with Crippen LogP contribution in [0.25, 0.3) is 0 Å². The van der Waals surface area contributed by atoms with Crippen molar-refractivity contribution in [3.8, 4) is 0 Å². The molecule has 4 heterocycles. The Balaban J connectivity index is 1.47. The van der Waals surface area contributed by atoms with Gasteiger partial charge in [-0.1, -0.05) is 12.2 Å². The van der Waals surface area contributed by atoms with Gasteiger partial charge in [-0.3, -0.25) is 9.69 Å². The number of rotatable bonds is 1. The molecule has 30 heavy (non-hydrogen) atoms. The highest BCUT2D eigenvalue weighted by Crippen LogP contribution is 2.45. The van der Waals surface area contributed by atoms with Gasteiger partial charge in [0, 0.05) is 43.6 Å². The first kappa shape index (κ1) is 21.0. The molecule has 1 N–H and O–H groups in total. The lowest BCUT2D eigenvalue weighted by Gasteiger charge is -2.55. The van der Waals surface area contributed by atoms with Crippen LogP contribution in [0, 0.1) is 11.3 Å². The number of nitrogens with zero attached hydrogens (tertiary/aromatic N) is 3. The topological polar surface area (TPSA) is 90.4 Å². The minimum absolute atomic E-state index is 0.00912. The number of carbonyl (C=O) groups excluding carboxylic acids is 2. The molecular formula is C22H33N3O5. The number of amides is 3. The zero-order valence-electron chi connectivity index (χ0n) is 18.2. The lowest BCUT2D eigenvalue weighted by atomic mass is 9.70. The number of hydrogen-bond donors (Lipinski definition) is 1. The highest BCUT2D eigenvalue weighted by atomic mass is 16.6. The molecule has 8 heteroatoms. The molecule has 166 valence electrons. The molecule has 1 aliphatic carbocycles. The van der Waals surface area contributed by atoms with Gasteiger partial charge in [0.15, 0.2) is 0 Å². The molecule has 1 saturated carbocycles. The van der Waals surface area contributed by atoms with E-state index in [1.165, 1.54) is 4.90 Å². The van der Waals surface area contributed by atoms with Gasteiger partial charge in [0.25, 0.3) is 0 Å². The number of fused-ring (bicyclic) bond motifs is 3. The molecule has 4 saturated heterocycles. The normalized spacial score (nSPS) is 30.3. The molecule has 0 aromatic rings. The lowest BCUT2D eigenvalue weighted by molar-refractivity contribution is -0.147. The molecule has 2 bridgehead atoms. The standard InChI is InChI=1S/C22H33N3O5/c1-14-11-15-5-6-16(14)17(25(15)20(29)30-21(2,3)4)18(26)23-9-7-22(8-10-23)12-24(13-22)19(27)28/h15-17H,1,5-13H2,2-4H3,(H,27,28)/t15-,16+,17-/m0/s1. The van der Waals surface area contributed by atoms with Crippen LogP contribution in [0.2, 0.25) is 0 Å². The summed E-state index contributed by atoms with van der Waals surface area (Å²) >= 11 is 0. The van der Waals surface area contributed by atoms with Gasteiger partial charge >= 0.3 is 12.2 Å². The summed E-state index contributed by atoms with van der Waals surface area (Å²) in [4.78, 5) is 42.7. The highest BCUT2D eigenvalue weighted by Gasteiger charge is 2.53. The van der Waals surface area contributed by atoms with E-state index in [2.05, 4.69) is 6.58 Å². The summed E-state index contributed by atoms with van der Waals surface area (Å²) in [5.41, 5.74) is 0.458. The fourth-order valence-corrected chi connectivity index (χ4v) is 5.64. The minimum atomic E-state index is -0.871. The van der Waals surface area contributed by atoms with E-state index in [1.807, 2.05) is 25.7 Å². The summed E-state index contributed by atoms with van der Waals surface area (Å²) < 4.78 is 5.65. The van der Waals surface area contributed by atoms with Crippen LogP contribution >= 0.6 is 0 Å². The number of carbonyl (C=O) groups is 3. The molecule has 0 radical (unpaired) electrons. The van der Waals surface area contributed by atoms with E-state index in [0.717, 1.165) is 37.7 Å². The van der Waals surface area contributed by atoms with Gasteiger partial charge < -0.3 is 19.6 Å². The molecule has 0 aromatic carbocycles. The molecule has 4 aliphatic heterocycles. The van der Waals surface area contributed by atoms with Crippen molar-refractivity contribution in [1.82, 2.24) is 14.7 Å². The summed E-state index contributed by atoms with van der Waals surface area (Å²) in [5.74, 6) is -0.0298. The monoisotopic (exact) mass is 419 g/mol. The van der Waals surface area contributed by atoms with Gasteiger partial charge in [-0.15, -0.1) is 0 Å². The second-order valence-electron chi connectivity index (χ2n) is 10.5. The van der Waals surface area contributed by atoms with E-state index in [-0.39, 0.29) is 23.3 Å². The molecule has 3 atom stereocenters. The molecule has 0 unspecified atom stereocenters. The van der Waals surface area contributed by atoms with E-state index in [1.54, 1.807) is 4.90 Å². The SMILES string of the molecule is C=C1C[C@@H]2CC[C@H]1[C@@H](C(=O)N1CCC3(CC1)CN(C(=O)O)C3)N2C(=O)OC(C)(C)C. The second-order valence-corrected chi connectivity index (χ2v) is 10.5. The fourth-order valence-electron chi connectivity index (χ4n) is 5.64. The summed E-state index contributed by atoms with van der Waals surface area (Å²) in [7, 11) is 0. The molecule has 0 aromatic heterocycles. The maximum Gasteiger partial charge on any atom is 0.411 e. The summed E-state index contributed by atoms with van der Waals surface area (Å²) in [6.07, 6.45) is 2.82. The Morgan fingerprint density at radius 2 is 1.73 bits per heavy atom. The molecule has 8 nitrogen and oxygen atoms in total. The van der Waals surface area contributed by atoms with Crippen LogP contribution in [-0.2, 0) is 9.53 Å². The van der Waals surface area contributed by atoms with Crippen LogP contribution < -0.4 is 0 Å². The Kier molecular flexibility index (Phi) is 5.02. The summed E-state index contributed by atoms with van der Waals surface area (Å²) in [6.45, 7) is 12.0. The Morgan fingerprint density at radius 3 is 2.27 bits per heavy atom. The van der Waals surface area contributed by atoms with Gasteiger partial charge in [0.05, 0.1) is 0 Å². The molecular weight excluding hydrogens is 386 g/mol.